The first-order chi connectivity index (χ1) is 6.60. The molecule has 82 valence electrons. The Morgan fingerprint density at radius 3 is 2.43 bits per heavy atom. The molecule has 1 heterocycles. The van der Waals surface area contributed by atoms with Crippen LogP contribution in [-0.2, 0) is 19.7 Å². The molecule has 0 aliphatic carbocycles. The molecule has 0 atom stereocenters. The molecule has 1 fully saturated rings. The summed E-state index contributed by atoms with van der Waals surface area (Å²) in [6.45, 7) is 0.781. The average Bonchev–Trinajstić information content (AvgIpc) is 2.18. The van der Waals surface area contributed by atoms with Gasteiger partial charge >= 0.3 is 10.2 Å². The molecule has 6 nitrogen and oxygen atoms in total. The van der Waals surface area contributed by atoms with Crippen LogP contribution in [-0.4, -0.2) is 45.4 Å². The third-order valence-electron chi connectivity index (χ3n) is 2.27. The predicted octanol–water partition coefficient (Wildman–Crippen LogP) is -0.912. The number of hydrogen-bond acceptors (Lipinski definition) is 4. The summed E-state index contributed by atoms with van der Waals surface area (Å²) in [5.41, 5.74) is 0. The van der Waals surface area contributed by atoms with E-state index in [0.717, 1.165) is 0 Å². The Hall–Kier alpha value is -0.660. The van der Waals surface area contributed by atoms with E-state index in [0.29, 0.717) is 25.9 Å². The lowest BCUT2D eigenvalue weighted by Gasteiger charge is -2.29. The Morgan fingerprint density at radius 2 is 2.00 bits per heavy atom. The molecule has 0 aromatic rings. The number of carbonyl (C=O) groups is 1. The van der Waals surface area contributed by atoms with Gasteiger partial charge in [-0.15, -0.1) is 0 Å². The van der Waals surface area contributed by atoms with Gasteiger partial charge in [0.05, 0.1) is 6.10 Å². The van der Waals surface area contributed by atoms with Crippen LogP contribution < -0.4 is 4.72 Å². The maximum atomic E-state index is 11.3. The van der Waals surface area contributed by atoms with Crippen molar-refractivity contribution in [3.05, 3.63) is 0 Å². The zero-order chi connectivity index (χ0) is 10.6. The average molecular weight is 222 g/mol. The van der Waals surface area contributed by atoms with Gasteiger partial charge in [0.1, 0.15) is 0 Å². The maximum absolute atomic E-state index is 11.3. The molecule has 1 N–H and O–H groups in total. The molecule has 1 rings (SSSR count). The van der Waals surface area contributed by atoms with Crippen LogP contribution in [0.4, 0.5) is 0 Å². The van der Waals surface area contributed by atoms with Crippen molar-refractivity contribution in [1.29, 1.82) is 0 Å². The summed E-state index contributed by atoms with van der Waals surface area (Å²) in [4.78, 5) is 10.0. The highest BCUT2D eigenvalue weighted by atomic mass is 32.2. The number of amides is 1. The molecular formula is C7H14N2O4S. The molecule has 0 bridgehead atoms. The molecule has 7 heteroatoms. The van der Waals surface area contributed by atoms with Crippen molar-refractivity contribution >= 4 is 16.6 Å². The molecule has 14 heavy (non-hydrogen) atoms. The normalized spacial score (nSPS) is 20.6. The molecule has 1 saturated heterocycles. The molecule has 0 aromatic heterocycles. The number of carbonyl (C=O) groups excluding carboxylic acids is 1. The highest BCUT2D eigenvalue weighted by Gasteiger charge is 2.27. The number of piperidine rings is 1. The first-order valence-corrected chi connectivity index (χ1v) is 5.78. The molecule has 0 aromatic carbocycles. The van der Waals surface area contributed by atoms with Gasteiger partial charge in [0, 0.05) is 20.2 Å². The van der Waals surface area contributed by atoms with Gasteiger partial charge in [-0.3, -0.25) is 4.79 Å². The standard InChI is InChI=1S/C7H14N2O4S/c1-13-7-2-4-9(5-3-7)14(11,12)8-6-10/h6-7H,2-5H2,1H3,(H,8,10). The van der Waals surface area contributed by atoms with Crippen LogP contribution in [0.3, 0.4) is 0 Å². The molecule has 0 unspecified atom stereocenters. The minimum Gasteiger partial charge on any atom is -0.381 e. The van der Waals surface area contributed by atoms with Crippen molar-refractivity contribution in [3.63, 3.8) is 0 Å². The zero-order valence-electron chi connectivity index (χ0n) is 7.97. The number of nitrogens with zero attached hydrogens (tertiary/aromatic N) is 1. The van der Waals surface area contributed by atoms with Crippen LogP contribution in [0.25, 0.3) is 0 Å². The Labute approximate surface area is 83.4 Å². The molecule has 1 amide bonds. The van der Waals surface area contributed by atoms with Crippen LogP contribution in [0.1, 0.15) is 12.8 Å². The molecule has 1 aliphatic rings. The van der Waals surface area contributed by atoms with Crippen molar-refractivity contribution in [2.45, 2.75) is 18.9 Å². The second-order valence-electron chi connectivity index (χ2n) is 3.07. The van der Waals surface area contributed by atoms with E-state index in [4.69, 9.17) is 4.74 Å². The lowest BCUT2D eigenvalue weighted by atomic mass is 10.1. The third kappa shape index (κ3) is 2.66. The SMILES string of the molecule is COC1CCN(S(=O)(=O)NC=O)CC1. The third-order valence-corrected chi connectivity index (χ3v) is 3.71. The number of methoxy groups -OCH3 is 1. The highest BCUT2D eigenvalue weighted by Crippen LogP contribution is 2.14. The second-order valence-corrected chi connectivity index (χ2v) is 4.78. The minimum absolute atomic E-state index is 0.123. The summed E-state index contributed by atoms with van der Waals surface area (Å²) in [5, 5.41) is 0. The van der Waals surface area contributed by atoms with Crippen LogP contribution in [0.5, 0.6) is 0 Å². The second kappa shape index (κ2) is 4.72. The van der Waals surface area contributed by atoms with Gasteiger partial charge in [0.25, 0.3) is 0 Å². The lowest BCUT2D eigenvalue weighted by molar-refractivity contribution is -0.108. The van der Waals surface area contributed by atoms with Gasteiger partial charge in [-0.25, -0.2) is 4.72 Å². The molecule has 0 saturated carbocycles. The van der Waals surface area contributed by atoms with Gasteiger partial charge in [-0.05, 0) is 12.8 Å². The van der Waals surface area contributed by atoms with Crippen LogP contribution in [0.15, 0.2) is 0 Å². The van der Waals surface area contributed by atoms with E-state index < -0.39 is 10.2 Å². The smallest absolute Gasteiger partial charge is 0.303 e. The number of nitrogens with one attached hydrogen (secondary N) is 1. The van der Waals surface area contributed by atoms with Crippen LogP contribution in [0, 0.1) is 0 Å². The Kier molecular flexibility index (Phi) is 3.85. The van der Waals surface area contributed by atoms with Gasteiger partial charge in [0.2, 0.25) is 6.41 Å². The fourth-order valence-corrected chi connectivity index (χ4v) is 2.41. The number of hydrogen-bond donors (Lipinski definition) is 1. The summed E-state index contributed by atoms with van der Waals surface area (Å²) < 4.78 is 30.8. The van der Waals surface area contributed by atoms with Crippen molar-refractivity contribution in [3.8, 4) is 0 Å². The van der Waals surface area contributed by atoms with Crippen LogP contribution in [0.2, 0.25) is 0 Å². The van der Waals surface area contributed by atoms with Gasteiger partial charge in [0.15, 0.2) is 0 Å². The van der Waals surface area contributed by atoms with Crippen molar-refractivity contribution in [1.82, 2.24) is 9.03 Å². The highest BCUT2D eigenvalue weighted by molar-refractivity contribution is 7.87. The summed E-state index contributed by atoms with van der Waals surface area (Å²) in [7, 11) is -2.00. The van der Waals surface area contributed by atoms with Gasteiger partial charge < -0.3 is 4.74 Å². The number of rotatable bonds is 4. The summed E-state index contributed by atoms with van der Waals surface area (Å²) in [5.74, 6) is 0. The summed E-state index contributed by atoms with van der Waals surface area (Å²) >= 11 is 0. The quantitative estimate of drug-likeness (QED) is 0.625. The van der Waals surface area contributed by atoms with E-state index in [1.165, 1.54) is 4.31 Å². The molecule has 0 spiro atoms. The Bertz CT molecular complexity index is 282. The monoisotopic (exact) mass is 222 g/mol. The zero-order valence-corrected chi connectivity index (χ0v) is 8.79. The van der Waals surface area contributed by atoms with Gasteiger partial charge in [-0.1, -0.05) is 0 Å². The number of ether oxygens (including phenoxy) is 1. The maximum Gasteiger partial charge on any atom is 0.303 e. The van der Waals surface area contributed by atoms with Crippen LogP contribution >= 0.6 is 0 Å². The fraction of sp³-hybridized carbons (Fsp3) is 0.857. The van der Waals surface area contributed by atoms with E-state index in [9.17, 15) is 13.2 Å². The van der Waals surface area contributed by atoms with Gasteiger partial charge in [-0.2, -0.15) is 12.7 Å². The molecular weight excluding hydrogens is 208 g/mol. The largest absolute Gasteiger partial charge is 0.381 e. The molecule has 1 aliphatic heterocycles. The van der Waals surface area contributed by atoms with Crippen molar-refractivity contribution < 1.29 is 17.9 Å². The van der Waals surface area contributed by atoms with E-state index in [-0.39, 0.29) is 12.5 Å². The lowest BCUT2D eigenvalue weighted by Crippen LogP contribution is -2.45. The summed E-state index contributed by atoms with van der Waals surface area (Å²) in [6.07, 6.45) is 1.63. The fourth-order valence-electron chi connectivity index (χ4n) is 1.44. The Balaban J connectivity index is 2.53. The van der Waals surface area contributed by atoms with Crippen molar-refractivity contribution in [2.24, 2.45) is 0 Å². The van der Waals surface area contributed by atoms with E-state index >= 15 is 0 Å². The van der Waals surface area contributed by atoms with Crippen molar-refractivity contribution in [2.75, 3.05) is 20.2 Å². The first-order valence-electron chi connectivity index (χ1n) is 4.34. The Morgan fingerprint density at radius 1 is 1.43 bits per heavy atom. The minimum atomic E-state index is -3.61. The topological polar surface area (TPSA) is 75.7 Å². The van der Waals surface area contributed by atoms with E-state index in [1.54, 1.807) is 11.8 Å². The molecule has 0 radical (unpaired) electrons. The van der Waals surface area contributed by atoms with E-state index in [1.807, 2.05) is 0 Å². The predicted molar refractivity (Wildman–Crippen MR) is 49.7 cm³/mol. The summed E-state index contributed by atoms with van der Waals surface area (Å²) in [6, 6.07) is 0. The van der Waals surface area contributed by atoms with E-state index in [2.05, 4.69) is 0 Å². The first kappa shape index (κ1) is 11.4.